The van der Waals surface area contributed by atoms with E-state index in [9.17, 15) is 4.79 Å². The van der Waals surface area contributed by atoms with Gasteiger partial charge < -0.3 is 9.47 Å². The molecule has 16 heavy (non-hydrogen) atoms. The fourth-order valence-corrected chi connectivity index (χ4v) is 2.00. The van der Waals surface area contributed by atoms with Crippen molar-refractivity contribution in [2.45, 2.75) is 32.7 Å². The lowest BCUT2D eigenvalue weighted by Gasteiger charge is -2.41. The van der Waals surface area contributed by atoms with Gasteiger partial charge in [0.1, 0.15) is 6.61 Å². The molecule has 0 spiro atoms. The number of ketones is 1. The molecular formula is C12H23NO3. The van der Waals surface area contributed by atoms with Crippen molar-refractivity contribution in [1.29, 1.82) is 0 Å². The Hall–Kier alpha value is -0.450. The van der Waals surface area contributed by atoms with Gasteiger partial charge in [-0.15, -0.1) is 0 Å². The van der Waals surface area contributed by atoms with Gasteiger partial charge in [-0.05, 0) is 20.3 Å². The number of carbonyl (C=O) groups excluding carboxylic acids is 1. The number of ether oxygens (including phenoxy) is 2. The third-order valence-corrected chi connectivity index (χ3v) is 3.44. The minimum absolute atomic E-state index is 0.179. The van der Waals surface area contributed by atoms with E-state index in [2.05, 4.69) is 11.8 Å². The van der Waals surface area contributed by atoms with E-state index in [4.69, 9.17) is 9.47 Å². The molecule has 1 fully saturated rings. The van der Waals surface area contributed by atoms with Crippen LogP contribution >= 0.6 is 0 Å². The van der Waals surface area contributed by atoms with Gasteiger partial charge in [0.05, 0.1) is 18.8 Å². The molecule has 0 amide bonds. The number of hydrogen-bond acceptors (Lipinski definition) is 4. The Morgan fingerprint density at radius 3 is 2.50 bits per heavy atom. The molecule has 0 aromatic carbocycles. The zero-order valence-electron chi connectivity index (χ0n) is 10.6. The van der Waals surface area contributed by atoms with Gasteiger partial charge in [-0.3, -0.25) is 9.69 Å². The average molecular weight is 229 g/mol. The quantitative estimate of drug-likeness (QED) is 0.683. The maximum Gasteiger partial charge on any atom is 0.178 e. The van der Waals surface area contributed by atoms with E-state index in [-0.39, 0.29) is 17.9 Å². The summed E-state index contributed by atoms with van der Waals surface area (Å²) in [5.41, 5.74) is -0.390. The van der Waals surface area contributed by atoms with E-state index >= 15 is 0 Å². The molecule has 1 aliphatic rings. The van der Waals surface area contributed by atoms with E-state index in [1.54, 1.807) is 0 Å². The van der Waals surface area contributed by atoms with Gasteiger partial charge >= 0.3 is 0 Å². The normalized spacial score (nSPS) is 21.7. The van der Waals surface area contributed by atoms with Crippen molar-refractivity contribution in [3.05, 3.63) is 0 Å². The summed E-state index contributed by atoms with van der Waals surface area (Å²) in [6.07, 6.45) is 0.818. The number of Topliss-reactive ketones (excluding diaryl/α,β-unsaturated/α-hetero) is 1. The Labute approximate surface area is 97.9 Å². The minimum atomic E-state index is -0.390. The Kier molecular flexibility index (Phi) is 5.38. The van der Waals surface area contributed by atoms with E-state index in [0.717, 1.165) is 32.7 Å². The molecule has 0 aliphatic carbocycles. The van der Waals surface area contributed by atoms with Crippen LogP contribution in [0.2, 0.25) is 0 Å². The lowest BCUT2D eigenvalue weighted by Crippen LogP contribution is -2.57. The summed E-state index contributed by atoms with van der Waals surface area (Å²) in [5.74, 6) is 0.179. The maximum absolute atomic E-state index is 12.1. The Morgan fingerprint density at radius 1 is 1.38 bits per heavy atom. The average Bonchev–Trinajstić information content (AvgIpc) is 2.35. The topological polar surface area (TPSA) is 38.8 Å². The fraction of sp³-hybridized carbons (Fsp3) is 0.917. The van der Waals surface area contributed by atoms with Gasteiger partial charge in [-0.2, -0.15) is 0 Å². The van der Waals surface area contributed by atoms with Crippen molar-refractivity contribution >= 4 is 5.78 Å². The molecule has 1 unspecified atom stereocenters. The molecule has 0 bridgehead atoms. The summed E-state index contributed by atoms with van der Waals surface area (Å²) < 4.78 is 10.5. The predicted octanol–water partition coefficient (Wildman–Crippen LogP) is 1.09. The van der Waals surface area contributed by atoms with Gasteiger partial charge in [0.15, 0.2) is 5.78 Å². The monoisotopic (exact) mass is 229 g/mol. The lowest BCUT2D eigenvalue weighted by atomic mass is 9.91. The van der Waals surface area contributed by atoms with Crippen LogP contribution in [0.5, 0.6) is 0 Å². The highest BCUT2D eigenvalue weighted by Gasteiger charge is 2.37. The number of carbonyl (C=O) groups is 1. The molecule has 4 nitrogen and oxygen atoms in total. The highest BCUT2D eigenvalue weighted by atomic mass is 16.5. The molecule has 94 valence electrons. The summed E-state index contributed by atoms with van der Waals surface area (Å²) >= 11 is 0. The van der Waals surface area contributed by atoms with Crippen molar-refractivity contribution in [2.75, 3.05) is 39.5 Å². The largest absolute Gasteiger partial charge is 0.379 e. The second-order valence-electron chi connectivity index (χ2n) is 4.29. The summed E-state index contributed by atoms with van der Waals surface area (Å²) in [6.45, 7) is 9.90. The van der Waals surface area contributed by atoms with Crippen molar-refractivity contribution in [3.8, 4) is 0 Å². The first-order valence-electron chi connectivity index (χ1n) is 6.09. The van der Waals surface area contributed by atoms with Gasteiger partial charge in [0.2, 0.25) is 0 Å². The summed E-state index contributed by atoms with van der Waals surface area (Å²) in [6, 6.07) is 0. The third kappa shape index (κ3) is 3.03. The molecule has 1 saturated heterocycles. The molecule has 0 aromatic rings. The van der Waals surface area contributed by atoms with Crippen molar-refractivity contribution in [1.82, 2.24) is 4.90 Å². The summed E-state index contributed by atoms with van der Waals surface area (Å²) in [7, 11) is 0. The second kappa shape index (κ2) is 6.33. The maximum atomic E-state index is 12.1. The Bertz CT molecular complexity index is 226. The van der Waals surface area contributed by atoms with Crippen LogP contribution in [0.3, 0.4) is 0 Å². The van der Waals surface area contributed by atoms with Crippen LogP contribution in [-0.2, 0) is 14.3 Å². The molecule has 0 aromatic heterocycles. The van der Waals surface area contributed by atoms with Crippen LogP contribution in [0.15, 0.2) is 0 Å². The smallest absolute Gasteiger partial charge is 0.178 e. The highest BCUT2D eigenvalue weighted by Crippen LogP contribution is 2.22. The van der Waals surface area contributed by atoms with Crippen LogP contribution in [0, 0.1) is 0 Å². The van der Waals surface area contributed by atoms with Crippen LogP contribution in [0.4, 0.5) is 0 Å². The Morgan fingerprint density at radius 2 is 2.00 bits per heavy atom. The van der Waals surface area contributed by atoms with Crippen molar-refractivity contribution < 1.29 is 14.3 Å². The van der Waals surface area contributed by atoms with E-state index in [0.29, 0.717) is 6.61 Å². The number of morpholine rings is 1. The molecule has 1 rings (SSSR count). The third-order valence-electron chi connectivity index (χ3n) is 3.44. The highest BCUT2D eigenvalue weighted by molar-refractivity contribution is 5.89. The Balaban J connectivity index is 2.62. The number of hydrogen-bond donors (Lipinski definition) is 0. The van der Waals surface area contributed by atoms with Crippen LogP contribution < -0.4 is 0 Å². The standard InChI is InChI=1S/C12H23NO3/c1-4-12(3,11(14)10-15-5-2)13-6-8-16-9-7-13/h4-10H2,1-3H3. The fourth-order valence-electron chi connectivity index (χ4n) is 2.00. The van der Waals surface area contributed by atoms with Gasteiger partial charge in [-0.1, -0.05) is 6.92 Å². The van der Waals surface area contributed by atoms with E-state index in [1.807, 2.05) is 13.8 Å². The molecule has 1 aliphatic heterocycles. The zero-order chi connectivity index (χ0) is 12.0. The molecule has 1 heterocycles. The molecule has 0 N–H and O–H groups in total. The van der Waals surface area contributed by atoms with Gasteiger partial charge in [-0.25, -0.2) is 0 Å². The molecule has 0 saturated carbocycles. The molecular weight excluding hydrogens is 206 g/mol. The van der Waals surface area contributed by atoms with E-state index < -0.39 is 0 Å². The lowest BCUT2D eigenvalue weighted by molar-refractivity contribution is -0.138. The van der Waals surface area contributed by atoms with Crippen molar-refractivity contribution in [2.24, 2.45) is 0 Å². The zero-order valence-corrected chi connectivity index (χ0v) is 10.6. The summed E-state index contributed by atoms with van der Waals surface area (Å²) in [4.78, 5) is 14.4. The SMILES string of the molecule is CCOCC(=O)C(C)(CC)N1CCOCC1. The molecule has 1 atom stereocenters. The van der Waals surface area contributed by atoms with Crippen LogP contribution in [-0.4, -0.2) is 55.7 Å². The molecule has 0 radical (unpaired) electrons. The number of nitrogens with zero attached hydrogens (tertiary/aromatic N) is 1. The van der Waals surface area contributed by atoms with Gasteiger partial charge in [0, 0.05) is 19.7 Å². The number of rotatable bonds is 6. The predicted molar refractivity (Wildman–Crippen MR) is 62.6 cm³/mol. The van der Waals surface area contributed by atoms with E-state index in [1.165, 1.54) is 0 Å². The van der Waals surface area contributed by atoms with Gasteiger partial charge in [0.25, 0.3) is 0 Å². The van der Waals surface area contributed by atoms with Crippen molar-refractivity contribution in [3.63, 3.8) is 0 Å². The second-order valence-corrected chi connectivity index (χ2v) is 4.29. The van der Waals surface area contributed by atoms with Crippen LogP contribution in [0.25, 0.3) is 0 Å². The minimum Gasteiger partial charge on any atom is -0.379 e. The first kappa shape index (κ1) is 13.6. The summed E-state index contributed by atoms with van der Waals surface area (Å²) in [5, 5.41) is 0. The first-order chi connectivity index (χ1) is 7.65. The molecule has 4 heteroatoms. The van der Waals surface area contributed by atoms with Crippen LogP contribution in [0.1, 0.15) is 27.2 Å². The first-order valence-corrected chi connectivity index (χ1v) is 6.09.